The maximum absolute atomic E-state index is 11.8. The van der Waals surface area contributed by atoms with Crippen LogP contribution in [0.25, 0.3) is 0 Å². The normalized spacial score (nSPS) is 44.0. The third-order valence-electron chi connectivity index (χ3n) is 4.68. The Labute approximate surface area is 84.4 Å². The van der Waals surface area contributed by atoms with Gasteiger partial charge in [-0.15, -0.1) is 0 Å². The number of fused-ring (bicyclic) bond motifs is 2. The summed E-state index contributed by atoms with van der Waals surface area (Å²) in [6, 6.07) is 0. The molecule has 2 aliphatic rings. The first-order valence-electron chi connectivity index (χ1n) is 5.23. The molecule has 0 amide bonds. The zero-order valence-corrected chi connectivity index (χ0v) is 9.04. The molecule has 2 aliphatic carbocycles. The Morgan fingerprint density at radius 1 is 1.50 bits per heavy atom. The number of aliphatic hydroxyl groups excluding tert-OH is 1. The number of aliphatic hydroxyl groups is 1. The van der Waals surface area contributed by atoms with E-state index in [0.717, 1.165) is 19.3 Å². The lowest BCUT2D eigenvalue weighted by atomic mass is 9.68. The number of carbonyl (C=O) groups is 1. The van der Waals surface area contributed by atoms with Gasteiger partial charge < -0.3 is 9.84 Å². The minimum Gasteiger partial charge on any atom is -0.469 e. The van der Waals surface area contributed by atoms with E-state index in [9.17, 15) is 9.90 Å². The second kappa shape index (κ2) is 2.72. The predicted octanol–water partition coefficient (Wildman–Crippen LogP) is 1.35. The van der Waals surface area contributed by atoms with Crippen LogP contribution < -0.4 is 0 Å². The van der Waals surface area contributed by atoms with Crippen molar-refractivity contribution < 1.29 is 14.6 Å². The largest absolute Gasteiger partial charge is 0.469 e. The molecule has 0 saturated heterocycles. The van der Waals surface area contributed by atoms with Crippen molar-refractivity contribution in [1.82, 2.24) is 0 Å². The minimum absolute atomic E-state index is 0.112. The molecule has 2 fully saturated rings. The van der Waals surface area contributed by atoms with Crippen LogP contribution in [0.4, 0.5) is 0 Å². The van der Waals surface area contributed by atoms with E-state index in [1.165, 1.54) is 7.11 Å². The number of hydrogen-bond donors (Lipinski definition) is 1. The van der Waals surface area contributed by atoms with Crippen LogP contribution >= 0.6 is 0 Å². The minimum atomic E-state index is -0.633. The molecule has 80 valence electrons. The van der Waals surface area contributed by atoms with E-state index in [-0.39, 0.29) is 11.4 Å². The van der Waals surface area contributed by atoms with E-state index in [1.54, 1.807) is 0 Å². The Hall–Kier alpha value is -0.570. The SMILES string of the molecule is COC(=O)[C@@]12CC[C@H](CC1O)C2(C)C. The third-order valence-corrected chi connectivity index (χ3v) is 4.68. The second-order valence-corrected chi connectivity index (χ2v) is 5.17. The number of esters is 1. The van der Waals surface area contributed by atoms with Crippen LogP contribution in [-0.2, 0) is 9.53 Å². The number of carbonyl (C=O) groups excluding carboxylic acids is 1. The molecule has 1 unspecified atom stereocenters. The van der Waals surface area contributed by atoms with Gasteiger partial charge in [0.15, 0.2) is 0 Å². The number of rotatable bonds is 1. The monoisotopic (exact) mass is 198 g/mol. The fraction of sp³-hybridized carbons (Fsp3) is 0.909. The van der Waals surface area contributed by atoms with Crippen molar-refractivity contribution in [3.63, 3.8) is 0 Å². The molecule has 3 heteroatoms. The van der Waals surface area contributed by atoms with Crippen molar-refractivity contribution in [3.05, 3.63) is 0 Å². The molecule has 0 radical (unpaired) electrons. The molecule has 1 N–H and O–H groups in total. The van der Waals surface area contributed by atoms with Gasteiger partial charge in [-0.3, -0.25) is 4.79 Å². The zero-order valence-electron chi connectivity index (χ0n) is 9.04. The zero-order chi connectivity index (χ0) is 10.6. The average molecular weight is 198 g/mol. The summed E-state index contributed by atoms with van der Waals surface area (Å²) < 4.78 is 4.86. The predicted molar refractivity (Wildman–Crippen MR) is 51.6 cm³/mol. The Bertz CT molecular complexity index is 272. The maximum Gasteiger partial charge on any atom is 0.314 e. The molecule has 0 aromatic carbocycles. The van der Waals surface area contributed by atoms with Gasteiger partial charge in [0.1, 0.15) is 0 Å². The van der Waals surface area contributed by atoms with Gasteiger partial charge in [0, 0.05) is 0 Å². The quantitative estimate of drug-likeness (QED) is 0.647. The summed E-state index contributed by atoms with van der Waals surface area (Å²) in [5.41, 5.74) is -0.744. The molecule has 2 bridgehead atoms. The fourth-order valence-electron chi connectivity index (χ4n) is 3.61. The lowest BCUT2D eigenvalue weighted by molar-refractivity contribution is -0.165. The van der Waals surface area contributed by atoms with E-state index in [1.807, 2.05) is 0 Å². The number of methoxy groups -OCH3 is 1. The summed E-state index contributed by atoms with van der Waals surface area (Å²) in [6.45, 7) is 4.16. The lowest BCUT2D eigenvalue weighted by Gasteiger charge is -2.37. The fourth-order valence-corrected chi connectivity index (χ4v) is 3.61. The van der Waals surface area contributed by atoms with E-state index >= 15 is 0 Å². The molecule has 3 nitrogen and oxygen atoms in total. The van der Waals surface area contributed by atoms with Gasteiger partial charge in [-0.05, 0) is 30.6 Å². The highest BCUT2D eigenvalue weighted by molar-refractivity contribution is 5.80. The molecule has 0 aromatic heterocycles. The molecular formula is C11H18O3. The highest BCUT2D eigenvalue weighted by Crippen LogP contribution is 2.66. The van der Waals surface area contributed by atoms with Crippen molar-refractivity contribution in [2.75, 3.05) is 7.11 Å². The van der Waals surface area contributed by atoms with Crippen LogP contribution in [0.15, 0.2) is 0 Å². The highest BCUT2D eigenvalue weighted by Gasteiger charge is 2.68. The van der Waals surface area contributed by atoms with Crippen LogP contribution in [0.1, 0.15) is 33.1 Å². The highest BCUT2D eigenvalue weighted by atomic mass is 16.5. The van der Waals surface area contributed by atoms with Crippen LogP contribution in [0.2, 0.25) is 0 Å². The first-order valence-corrected chi connectivity index (χ1v) is 5.23. The average Bonchev–Trinajstić information content (AvgIpc) is 2.49. The Kier molecular flexibility index (Phi) is 1.94. The van der Waals surface area contributed by atoms with Gasteiger partial charge in [-0.2, -0.15) is 0 Å². The Morgan fingerprint density at radius 2 is 2.14 bits per heavy atom. The summed E-state index contributed by atoms with van der Waals surface area (Å²) in [6.07, 6.45) is 2.06. The first-order chi connectivity index (χ1) is 6.46. The maximum atomic E-state index is 11.8. The van der Waals surface area contributed by atoms with Crippen LogP contribution in [0.3, 0.4) is 0 Å². The molecule has 0 aliphatic heterocycles. The summed E-state index contributed by atoms with van der Waals surface area (Å²) in [7, 11) is 1.41. The number of ether oxygens (including phenoxy) is 1. The summed E-state index contributed by atoms with van der Waals surface area (Å²) >= 11 is 0. The van der Waals surface area contributed by atoms with Gasteiger partial charge in [0.05, 0.1) is 18.6 Å². The molecule has 0 heterocycles. The topological polar surface area (TPSA) is 46.5 Å². The van der Waals surface area contributed by atoms with Crippen LogP contribution in [-0.4, -0.2) is 24.3 Å². The van der Waals surface area contributed by atoms with E-state index < -0.39 is 11.5 Å². The summed E-state index contributed by atoms with van der Waals surface area (Å²) in [4.78, 5) is 11.8. The van der Waals surface area contributed by atoms with Crippen LogP contribution in [0.5, 0.6) is 0 Å². The van der Waals surface area contributed by atoms with Crippen molar-refractivity contribution in [2.45, 2.75) is 39.2 Å². The van der Waals surface area contributed by atoms with Gasteiger partial charge in [-0.1, -0.05) is 13.8 Å². The molecule has 2 rings (SSSR count). The Morgan fingerprint density at radius 3 is 2.50 bits per heavy atom. The Balaban J connectivity index is 2.44. The molecule has 14 heavy (non-hydrogen) atoms. The van der Waals surface area contributed by atoms with Crippen molar-refractivity contribution in [1.29, 1.82) is 0 Å². The van der Waals surface area contributed by atoms with Gasteiger partial charge in [0.25, 0.3) is 0 Å². The summed E-state index contributed by atoms with van der Waals surface area (Å²) in [5.74, 6) is 0.242. The lowest BCUT2D eigenvalue weighted by Crippen LogP contribution is -2.46. The van der Waals surface area contributed by atoms with E-state index in [4.69, 9.17) is 4.74 Å². The van der Waals surface area contributed by atoms with Gasteiger partial charge >= 0.3 is 5.97 Å². The smallest absolute Gasteiger partial charge is 0.314 e. The second-order valence-electron chi connectivity index (χ2n) is 5.17. The van der Waals surface area contributed by atoms with Crippen LogP contribution in [0, 0.1) is 16.7 Å². The van der Waals surface area contributed by atoms with Gasteiger partial charge in [-0.25, -0.2) is 0 Å². The van der Waals surface area contributed by atoms with Gasteiger partial charge in [0.2, 0.25) is 0 Å². The third kappa shape index (κ3) is 0.842. The summed E-state index contributed by atoms with van der Waals surface area (Å²) in [5, 5.41) is 10.0. The standard InChI is InChI=1S/C11H18O3/c1-10(2)7-4-5-11(10,8(12)6-7)9(13)14-3/h7-8,12H,4-6H2,1-3H3/t7-,8?,11-/m1/s1. The molecule has 0 spiro atoms. The van der Waals surface area contributed by atoms with Crippen molar-refractivity contribution in [3.8, 4) is 0 Å². The molecular weight excluding hydrogens is 180 g/mol. The molecule has 2 saturated carbocycles. The number of hydrogen-bond acceptors (Lipinski definition) is 3. The molecule has 0 aromatic rings. The van der Waals surface area contributed by atoms with Crippen molar-refractivity contribution in [2.24, 2.45) is 16.7 Å². The van der Waals surface area contributed by atoms with E-state index in [2.05, 4.69) is 13.8 Å². The molecule has 3 atom stereocenters. The van der Waals surface area contributed by atoms with Crippen molar-refractivity contribution >= 4 is 5.97 Å². The van der Waals surface area contributed by atoms with E-state index in [0.29, 0.717) is 5.92 Å². The first kappa shape index (κ1) is 9.97.